The monoisotopic (exact) mass is 288 g/mol. The third-order valence-electron chi connectivity index (χ3n) is 3.21. The first-order valence-electron chi connectivity index (χ1n) is 6.58. The Hall–Kier alpha value is -0.0900. The third-order valence-corrected chi connectivity index (χ3v) is 4.71. The van der Waals surface area contributed by atoms with Crippen LogP contribution in [0, 0.1) is 0 Å². The van der Waals surface area contributed by atoms with Crippen molar-refractivity contribution in [3.05, 3.63) is 21.9 Å². The molecule has 104 valence electrons. The van der Waals surface area contributed by atoms with Gasteiger partial charge in [-0.1, -0.05) is 20.8 Å². The Balaban J connectivity index is 0.00000162. The minimum atomic E-state index is 0. The summed E-state index contributed by atoms with van der Waals surface area (Å²) in [5, 5.41) is 3.45. The maximum absolute atomic E-state index is 3.45. The highest BCUT2D eigenvalue weighted by atomic mass is 35.5. The van der Waals surface area contributed by atoms with Crippen molar-refractivity contribution in [2.24, 2.45) is 0 Å². The summed E-state index contributed by atoms with van der Waals surface area (Å²) in [5.41, 5.74) is 0.295. The molecule has 18 heavy (non-hydrogen) atoms. The summed E-state index contributed by atoms with van der Waals surface area (Å²) in [6.07, 6.45) is 1.28. The molecule has 0 aliphatic carbocycles. The van der Waals surface area contributed by atoms with E-state index in [-0.39, 0.29) is 12.4 Å². The van der Waals surface area contributed by atoms with E-state index in [4.69, 9.17) is 0 Å². The number of hydrogen-bond acceptors (Lipinski definition) is 3. The summed E-state index contributed by atoms with van der Waals surface area (Å²) in [6, 6.07) is 4.61. The lowest BCUT2D eigenvalue weighted by molar-refractivity contribution is 0.287. The average Bonchev–Trinajstić information content (AvgIpc) is 2.56. The predicted octanol–water partition coefficient (Wildman–Crippen LogP) is 3.26. The van der Waals surface area contributed by atoms with E-state index in [1.807, 2.05) is 11.3 Å². The van der Waals surface area contributed by atoms with Crippen molar-refractivity contribution in [1.29, 1.82) is 0 Å². The van der Waals surface area contributed by atoms with Crippen LogP contribution in [0.25, 0.3) is 0 Å². The molecule has 4 heteroatoms. The maximum Gasteiger partial charge on any atom is 0.0328 e. The summed E-state index contributed by atoms with van der Waals surface area (Å²) >= 11 is 1.98. The minimum absolute atomic E-state index is 0. The normalized spacial score (nSPS) is 18.2. The molecule has 2 nitrogen and oxygen atoms in total. The van der Waals surface area contributed by atoms with Gasteiger partial charge in [-0.15, -0.1) is 23.7 Å². The smallest absolute Gasteiger partial charge is 0.0328 e. The van der Waals surface area contributed by atoms with Gasteiger partial charge in [0.25, 0.3) is 0 Å². The molecule has 2 rings (SSSR count). The fourth-order valence-electron chi connectivity index (χ4n) is 2.15. The lowest BCUT2D eigenvalue weighted by Gasteiger charge is -2.19. The topological polar surface area (TPSA) is 15.3 Å². The van der Waals surface area contributed by atoms with Crippen LogP contribution in [-0.2, 0) is 12.0 Å². The molecule has 1 N–H and O–H groups in total. The number of nitrogens with one attached hydrogen (secondary N) is 1. The van der Waals surface area contributed by atoms with Gasteiger partial charge in [0.1, 0.15) is 0 Å². The van der Waals surface area contributed by atoms with E-state index < -0.39 is 0 Å². The van der Waals surface area contributed by atoms with Gasteiger partial charge in [-0.3, -0.25) is 4.90 Å². The Morgan fingerprint density at radius 3 is 2.67 bits per heavy atom. The van der Waals surface area contributed by atoms with Crippen molar-refractivity contribution in [2.75, 3.05) is 26.2 Å². The average molecular weight is 289 g/mol. The Kier molecular flexibility index (Phi) is 6.12. The first kappa shape index (κ1) is 16.0. The quantitative estimate of drug-likeness (QED) is 0.899. The molecule has 0 spiro atoms. The zero-order valence-corrected chi connectivity index (χ0v) is 13.3. The SMILES string of the molecule is CC(C)(C)c1ccc(CN2CCCNCC2)s1.Cl. The number of thiophene rings is 1. The van der Waals surface area contributed by atoms with E-state index in [9.17, 15) is 0 Å². The van der Waals surface area contributed by atoms with Gasteiger partial charge in [0.05, 0.1) is 0 Å². The molecular formula is C14H25ClN2S. The van der Waals surface area contributed by atoms with Crippen LogP contribution in [0.2, 0.25) is 0 Å². The standard InChI is InChI=1S/C14H24N2S.ClH/c1-14(2,3)13-6-5-12(17-13)11-16-9-4-7-15-8-10-16;/h5-6,15H,4,7-11H2,1-3H3;1H. The van der Waals surface area contributed by atoms with Crippen LogP contribution < -0.4 is 5.32 Å². The number of nitrogens with zero attached hydrogens (tertiary/aromatic N) is 1. The highest BCUT2D eigenvalue weighted by molar-refractivity contribution is 7.12. The molecule has 1 fully saturated rings. The molecule has 1 aliphatic heterocycles. The summed E-state index contributed by atoms with van der Waals surface area (Å²) in [6.45, 7) is 12.7. The van der Waals surface area contributed by atoms with Crippen molar-refractivity contribution in [3.63, 3.8) is 0 Å². The van der Waals surface area contributed by atoms with Crippen LogP contribution in [0.4, 0.5) is 0 Å². The first-order valence-corrected chi connectivity index (χ1v) is 7.39. The van der Waals surface area contributed by atoms with Crippen LogP contribution in [-0.4, -0.2) is 31.1 Å². The first-order chi connectivity index (χ1) is 8.05. The number of halogens is 1. The summed E-state index contributed by atoms with van der Waals surface area (Å²) in [5.74, 6) is 0. The largest absolute Gasteiger partial charge is 0.315 e. The summed E-state index contributed by atoms with van der Waals surface area (Å²) < 4.78 is 0. The van der Waals surface area contributed by atoms with Gasteiger partial charge in [0, 0.05) is 29.4 Å². The van der Waals surface area contributed by atoms with Gasteiger partial charge in [0.2, 0.25) is 0 Å². The lowest BCUT2D eigenvalue weighted by Crippen LogP contribution is -2.27. The van der Waals surface area contributed by atoms with Gasteiger partial charge in [0.15, 0.2) is 0 Å². The fourth-order valence-corrected chi connectivity index (χ4v) is 3.25. The van der Waals surface area contributed by atoms with Crippen molar-refractivity contribution in [2.45, 2.75) is 39.2 Å². The van der Waals surface area contributed by atoms with Crippen molar-refractivity contribution in [3.8, 4) is 0 Å². The van der Waals surface area contributed by atoms with Gasteiger partial charge in [-0.05, 0) is 37.1 Å². The van der Waals surface area contributed by atoms with Gasteiger partial charge in [-0.2, -0.15) is 0 Å². The molecule has 0 saturated carbocycles. The molecule has 1 aromatic rings. The van der Waals surface area contributed by atoms with Crippen LogP contribution in [0.15, 0.2) is 12.1 Å². The third kappa shape index (κ3) is 4.54. The Morgan fingerprint density at radius 2 is 2.00 bits per heavy atom. The Labute approximate surface area is 121 Å². The molecule has 0 aromatic carbocycles. The van der Waals surface area contributed by atoms with Crippen LogP contribution >= 0.6 is 23.7 Å². The molecule has 0 amide bonds. The highest BCUT2D eigenvalue weighted by Crippen LogP contribution is 2.30. The highest BCUT2D eigenvalue weighted by Gasteiger charge is 2.17. The zero-order chi connectivity index (χ0) is 12.3. The number of hydrogen-bond donors (Lipinski definition) is 1. The van der Waals surface area contributed by atoms with Crippen LogP contribution in [0.3, 0.4) is 0 Å². The predicted molar refractivity (Wildman–Crippen MR) is 83.0 cm³/mol. The second-order valence-electron chi connectivity index (χ2n) is 5.90. The Morgan fingerprint density at radius 1 is 1.22 bits per heavy atom. The van der Waals surface area contributed by atoms with Crippen molar-refractivity contribution in [1.82, 2.24) is 10.2 Å². The second kappa shape index (κ2) is 6.90. The van der Waals surface area contributed by atoms with E-state index in [0.29, 0.717) is 5.41 Å². The molecule has 0 unspecified atom stereocenters. The molecule has 1 aromatic heterocycles. The summed E-state index contributed by atoms with van der Waals surface area (Å²) in [4.78, 5) is 5.58. The molecule has 0 radical (unpaired) electrons. The zero-order valence-electron chi connectivity index (χ0n) is 11.7. The van der Waals surface area contributed by atoms with E-state index in [1.54, 1.807) is 0 Å². The van der Waals surface area contributed by atoms with Crippen molar-refractivity contribution >= 4 is 23.7 Å². The maximum atomic E-state index is 3.45. The van der Waals surface area contributed by atoms with E-state index in [1.165, 1.54) is 35.8 Å². The van der Waals surface area contributed by atoms with Crippen molar-refractivity contribution < 1.29 is 0 Å². The second-order valence-corrected chi connectivity index (χ2v) is 7.06. The van der Waals surface area contributed by atoms with E-state index in [2.05, 4.69) is 43.1 Å². The van der Waals surface area contributed by atoms with Gasteiger partial charge >= 0.3 is 0 Å². The van der Waals surface area contributed by atoms with Crippen LogP contribution in [0.5, 0.6) is 0 Å². The molecule has 0 bridgehead atoms. The molecular weight excluding hydrogens is 264 g/mol. The summed E-state index contributed by atoms with van der Waals surface area (Å²) in [7, 11) is 0. The van der Waals surface area contributed by atoms with Gasteiger partial charge in [-0.25, -0.2) is 0 Å². The minimum Gasteiger partial charge on any atom is -0.315 e. The molecule has 1 aliphatic rings. The Bertz CT molecular complexity index is 349. The van der Waals surface area contributed by atoms with Gasteiger partial charge < -0.3 is 5.32 Å². The van der Waals surface area contributed by atoms with E-state index in [0.717, 1.165) is 13.1 Å². The molecule has 2 heterocycles. The number of rotatable bonds is 2. The van der Waals surface area contributed by atoms with E-state index >= 15 is 0 Å². The lowest BCUT2D eigenvalue weighted by atomic mass is 9.95. The van der Waals surface area contributed by atoms with Crippen LogP contribution in [0.1, 0.15) is 36.9 Å². The fraction of sp³-hybridized carbons (Fsp3) is 0.714. The molecule has 1 saturated heterocycles. The molecule has 0 atom stereocenters.